The molecule has 0 bridgehead atoms. The van der Waals surface area contributed by atoms with Crippen LogP contribution < -0.4 is 0 Å². The molecule has 0 spiro atoms. The van der Waals surface area contributed by atoms with E-state index in [0.29, 0.717) is 11.3 Å². The fourth-order valence-electron chi connectivity index (χ4n) is 3.71. The van der Waals surface area contributed by atoms with Crippen LogP contribution >= 0.6 is 0 Å². The van der Waals surface area contributed by atoms with Crippen LogP contribution in [0, 0.1) is 5.92 Å². The number of nitrogens with zero attached hydrogens (tertiary/aromatic N) is 1. The first-order chi connectivity index (χ1) is 11.8. The molecule has 1 amide bonds. The molecule has 1 aliphatic carbocycles. The lowest BCUT2D eigenvalue weighted by Gasteiger charge is -2.41. The number of Topliss-reactive ketones (excluding diaryl/α,β-unsaturated/α-hetero) is 1. The van der Waals surface area contributed by atoms with E-state index in [9.17, 15) is 9.59 Å². The maximum Gasteiger partial charge on any atom is 0.261 e. The predicted octanol–water partition coefficient (Wildman–Crippen LogP) is 3.94. The molecule has 0 radical (unpaired) electrons. The first kappa shape index (κ1) is 17.5. The second kappa shape index (κ2) is 6.51. The number of ether oxygens (including phenoxy) is 1. The number of rotatable bonds is 4. The highest BCUT2D eigenvalue weighted by Crippen LogP contribution is 2.37. The van der Waals surface area contributed by atoms with E-state index < -0.39 is 5.54 Å². The standard InChI is InChI=1S/C21H25NO3/c1-14-9-8-12-17(14)19(23)21(3,4)22-13-25-15(2)18(20(22)24)16-10-6-5-7-11-16/h5-7,10-11,17H,1,8-9,12-13H2,2-4H3. The molecule has 0 saturated heterocycles. The third kappa shape index (κ3) is 3.01. The molecular weight excluding hydrogens is 314 g/mol. The van der Waals surface area contributed by atoms with Crippen molar-refractivity contribution in [2.24, 2.45) is 5.92 Å². The van der Waals surface area contributed by atoms with Crippen LogP contribution in [-0.4, -0.2) is 28.9 Å². The van der Waals surface area contributed by atoms with Gasteiger partial charge in [0.25, 0.3) is 5.91 Å². The van der Waals surface area contributed by atoms with Gasteiger partial charge in [0.2, 0.25) is 0 Å². The van der Waals surface area contributed by atoms with Gasteiger partial charge < -0.3 is 4.74 Å². The van der Waals surface area contributed by atoms with Crippen molar-refractivity contribution in [1.82, 2.24) is 4.90 Å². The molecule has 1 aromatic rings. The zero-order valence-electron chi connectivity index (χ0n) is 15.2. The van der Waals surface area contributed by atoms with Crippen molar-refractivity contribution >= 4 is 17.3 Å². The van der Waals surface area contributed by atoms with Crippen LogP contribution in [-0.2, 0) is 14.3 Å². The second-order valence-electron chi connectivity index (χ2n) is 7.33. The topological polar surface area (TPSA) is 46.6 Å². The van der Waals surface area contributed by atoms with E-state index in [1.54, 1.807) is 11.8 Å². The normalized spacial score (nSPS) is 21.6. The van der Waals surface area contributed by atoms with Crippen LogP contribution in [0.1, 0.15) is 45.6 Å². The van der Waals surface area contributed by atoms with Crippen LogP contribution in [0.25, 0.3) is 5.57 Å². The summed E-state index contributed by atoms with van der Waals surface area (Å²) < 4.78 is 5.76. The fraction of sp³-hybridized carbons (Fsp3) is 0.429. The summed E-state index contributed by atoms with van der Waals surface area (Å²) >= 11 is 0. The summed E-state index contributed by atoms with van der Waals surface area (Å²) in [4.78, 5) is 27.9. The molecule has 0 aromatic heterocycles. The van der Waals surface area contributed by atoms with Crippen LogP contribution in [0.4, 0.5) is 0 Å². The molecule has 1 unspecified atom stereocenters. The summed E-state index contributed by atoms with van der Waals surface area (Å²) in [6.45, 7) is 9.56. The van der Waals surface area contributed by atoms with Crippen molar-refractivity contribution in [3.8, 4) is 0 Å². The first-order valence-corrected chi connectivity index (χ1v) is 8.77. The summed E-state index contributed by atoms with van der Waals surface area (Å²) in [5.41, 5.74) is 1.38. The Balaban J connectivity index is 1.91. The summed E-state index contributed by atoms with van der Waals surface area (Å²) in [5, 5.41) is 0. The molecule has 1 aromatic carbocycles. The first-order valence-electron chi connectivity index (χ1n) is 8.77. The van der Waals surface area contributed by atoms with E-state index >= 15 is 0 Å². The Bertz CT molecular complexity index is 746. The highest BCUT2D eigenvalue weighted by Gasteiger charge is 2.45. The molecule has 1 heterocycles. The average Bonchev–Trinajstić information content (AvgIpc) is 3.00. The van der Waals surface area contributed by atoms with Gasteiger partial charge in [-0.2, -0.15) is 0 Å². The lowest BCUT2D eigenvalue weighted by molar-refractivity contribution is -0.149. The van der Waals surface area contributed by atoms with E-state index in [2.05, 4.69) is 6.58 Å². The van der Waals surface area contributed by atoms with E-state index in [4.69, 9.17) is 4.74 Å². The van der Waals surface area contributed by atoms with E-state index in [1.165, 1.54) is 0 Å². The molecule has 4 nitrogen and oxygen atoms in total. The number of hydrogen-bond acceptors (Lipinski definition) is 3. The molecule has 1 fully saturated rings. The van der Waals surface area contributed by atoms with Crippen molar-refractivity contribution in [3.63, 3.8) is 0 Å². The van der Waals surface area contributed by atoms with Gasteiger partial charge >= 0.3 is 0 Å². The summed E-state index contributed by atoms with van der Waals surface area (Å²) in [5.74, 6) is 0.340. The molecule has 25 heavy (non-hydrogen) atoms. The third-order valence-electron chi connectivity index (χ3n) is 5.36. The number of carbonyl (C=O) groups excluding carboxylic acids is 2. The molecule has 1 atom stereocenters. The van der Waals surface area contributed by atoms with Gasteiger partial charge in [-0.05, 0) is 45.6 Å². The Morgan fingerprint density at radius 2 is 1.96 bits per heavy atom. The van der Waals surface area contributed by atoms with Gasteiger partial charge in [-0.3, -0.25) is 14.5 Å². The molecule has 1 saturated carbocycles. The van der Waals surface area contributed by atoms with Crippen LogP contribution in [0.15, 0.2) is 48.2 Å². The molecule has 2 aliphatic rings. The van der Waals surface area contributed by atoms with E-state index in [1.807, 2.05) is 44.2 Å². The van der Waals surface area contributed by atoms with Gasteiger partial charge in [0.05, 0.1) is 11.1 Å². The molecule has 4 heteroatoms. The molecular formula is C21H25NO3. The van der Waals surface area contributed by atoms with Crippen molar-refractivity contribution in [1.29, 1.82) is 0 Å². The lowest BCUT2D eigenvalue weighted by atomic mass is 9.84. The highest BCUT2D eigenvalue weighted by atomic mass is 16.5. The maximum absolute atomic E-state index is 13.2. The van der Waals surface area contributed by atoms with Crippen molar-refractivity contribution in [2.75, 3.05) is 6.73 Å². The third-order valence-corrected chi connectivity index (χ3v) is 5.36. The smallest absolute Gasteiger partial charge is 0.261 e. The van der Waals surface area contributed by atoms with Crippen molar-refractivity contribution in [3.05, 3.63) is 53.8 Å². The Hall–Kier alpha value is -2.36. The summed E-state index contributed by atoms with van der Waals surface area (Å²) in [7, 11) is 0. The van der Waals surface area contributed by atoms with Gasteiger partial charge in [0, 0.05) is 5.92 Å². The monoisotopic (exact) mass is 339 g/mol. The minimum Gasteiger partial charge on any atom is -0.477 e. The number of amides is 1. The lowest BCUT2D eigenvalue weighted by Crippen LogP contribution is -2.57. The number of hydrogen-bond donors (Lipinski definition) is 0. The Labute approximate surface area is 149 Å². The van der Waals surface area contributed by atoms with Gasteiger partial charge in [0.1, 0.15) is 5.76 Å². The largest absolute Gasteiger partial charge is 0.477 e. The van der Waals surface area contributed by atoms with Crippen molar-refractivity contribution in [2.45, 2.75) is 45.6 Å². The predicted molar refractivity (Wildman–Crippen MR) is 97.4 cm³/mol. The van der Waals surface area contributed by atoms with Gasteiger partial charge in [0.15, 0.2) is 12.5 Å². The van der Waals surface area contributed by atoms with E-state index in [-0.39, 0.29) is 24.3 Å². The van der Waals surface area contributed by atoms with Crippen LogP contribution in [0.5, 0.6) is 0 Å². The molecule has 132 valence electrons. The number of allylic oxidation sites excluding steroid dienone is 2. The second-order valence-corrected chi connectivity index (χ2v) is 7.33. The zero-order chi connectivity index (χ0) is 18.2. The minimum absolute atomic E-state index is 0.0546. The van der Waals surface area contributed by atoms with Crippen LogP contribution in [0.3, 0.4) is 0 Å². The molecule has 1 aliphatic heterocycles. The number of benzene rings is 1. The van der Waals surface area contributed by atoms with Gasteiger partial charge in [-0.25, -0.2) is 0 Å². The van der Waals surface area contributed by atoms with Gasteiger partial charge in [-0.1, -0.05) is 42.5 Å². The quantitative estimate of drug-likeness (QED) is 0.781. The van der Waals surface area contributed by atoms with Crippen LogP contribution in [0.2, 0.25) is 0 Å². The summed E-state index contributed by atoms with van der Waals surface area (Å²) in [6.07, 6.45) is 2.71. The Kier molecular flexibility index (Phi) is 4.55. The highest BCUT2D eigenvalue weighted by molar-refractivity contribution is 6.21. The van der Waals surface area contributed by atoms with Gasteiger partial charge in [-0.15, -0.1) is 0 Å². The fourth-order valence-corrected chi connectivity index (χ4v) is 3.71. The number of carbonyl (C=O) groups is 2. The Morgan fingerprint density at radius 1 is 1.28 bits per heavy atom. The SMILES string of the molecule is C=C1CCCC1C(=O)C(C)(C)N1COC(C)=C(c2ccccc2)C1=O. The summed E-state index contributed by atoms with van der Waals surface area (Å²) in [6, 6.07) is 9.46. The Morgan fingerprint density at radius 3 is 2.56 bits per heavy atom. The number of ketones is 1. The average molecular weight is 339 g/mol. The molecule has 0 N–H and O–H groups in total. The minimum atomic E-state index is -0.935. The maximum atomic E-state index is 13.2. The van der Waals surface area contributed by atoms with Crippen molar-refractivity contribution < 1.29 is 14.3 Å². The molecule has 3 rings (SSSR count). The zero-order valence-corrected chi connectivity index (χ0v) is 15.2. The van der Waals surface area contributed by atoms with E-state index in [0.717, 1.165) is 30.4 Å².